The molecule has 2 heterocycles. The van der Waals surface area contributed by atoms with Crippen LogP contribution in [0.3, 0.4) is 0 Å². The number of aromatic nitrogens is 1. The number of esters is 1. The minimum Gasteiger partial charge on any atom is -0.464 e. The molecular weight excluding hydrogens is 490 g/mol. The Morgan fingerprint density at radius 1 is 0.919 bits per heavy atom. The van der Waals surface area contributed by atoms with Gasteiger partial charge in [-0.15, -0.1) is 0 Å². The topological polar surface area (TPSA) is 97.7 Å². The number of nitrogens with one attached hydrogen (secondary N) is 1. The summed E-state index contributed by atoms with van der Waals surface area (Å²) in [6.07, 6.45) is 0.134. The van der Waals surface area contributed by atoms with Crippen molar-refractivity contribution in [1.82, 2.24) is 14.2 Å². The molecule has 0 spiro atoms. The van der Waals surface area contributed by atoms with E-state index in [1.807, 2.05) is 36.4 Å². The number of hydrogen-bond acceptors (Lipinski definition) is 6. The minimum absolute atomic E-state index is 0.134. The third kappa shape index (κ3) is 4.69. The van der Waals surface area contributed by atoms with E-state index < -0.39 is 16.0 Å². The van der Waals surface area contributed by atoms with Crippen LogP contribution in [-0.2, 0) is 21.2 Å². The van der Waals surface area contributed by atoms with Gasteiger partial charge in [0.15, 0.2) is 5.43 Å². The summed E-state index contributed by atoms with van der Waals surface area (Å²) in [6, 6.07) is 23.0. The highest BCUT2D eigenvalue weighted by molar-refractivity contribution is 7.89. The van der Waals surface area contributed by atoms with Crippen molar-refractivity contribution in [2.24, 2.45) is 0 Å². The molecule has 0 unspecified atom stereocenters. The number of fused-ring (bicyclic) bond motifs is 1. The van der Waals surface area contributed by atoms with E-state index in [1.165, 1.54) is 11.4 Å². The Morgan fingerprint density at radius 2 is 1.57 bits per heavy atom. The first-order valence-corrected chi connectivity index (χ1v) is 13.5. The van der Waals surface area contributed by atoms with Gasteiger partial charge in [-0.2, -0.15) is 4.31 Å². The molecule has 8 nitrogen and oxygen atoms in total. The number of hydrogen-bond donors (Lipinski definition) is 1. The first-order valence-electron chi connectivity index (χ1n) is 12.0. The highest BCUT2D eigenvalue weighted by Crippen LogP contribution is 2.25. The molecule has 4 aromatic rings. The fraction of sp³-hybridized carbons (Fsp3) is 0.214. The number of nitrogens with zero attached hydrogens (tertiary/aromatic N) is 2. The summed E-state index contributed by atoms with van der Waals surface area (Å²) in [5.41, 5.74) is 2.19. The average molecular weight is 518 g/mol. The SMILES string of the molecule is COC(=O)c1c(Cc2ccc(S(=O)(=O)N3CCNCC3)cc2)c(=O)c2ccccc2n1-c1ccccc1. The van der Waals surface area contributed by atoms with Crippen molar-refractivity contribution in [1.29, 1.82) is 0 Å². The molecule has 0 aliphatic carbocycles. The van der Waals surface area contributed by atoms with E-state index in [-0.39, 0.29) is 28.0 Å². The molecule has 1 aromatic heterocycles. The number of piperazine rings is 1. The van der Waals surface area contributed by atoms with Crippen molar-refractivity contribution in [2.45, 2.75) is 11.3 Å². The van der Waals surface area contributed by atoms with Crippen LogP contribution in [0.2, 0.25) is 0 Å². The molecule has 0 radical (unpaired) electrons. The Morgan fingerprint density at radius 3 is 2.24 bits per heavy atom. The van der Waals surface area contributed by atoms with E-state index in [0.29, 0.717) is 42.6 Å². The van der Waals surface area contributed by atoms with Gasteiger partial charge in [0.05, 0.1) is 17.5 Å². The lowest BCUT2D eigenvalue weighted by Crippen LogP contribution is -2.46. The van der Waals surface area contributed by atoms with Crippen LogP contribution in [-0.4, -0.2) is 56.5 Å². The Balaban J connectivity index is 1.62. The van der Waals surface area contributed by atoms with Crippen LogP contribution in [0.4, 0.5) is 0 Å². The molecule has 3 aromatic carbocycles. The molecule has 0 saturated carbocycles. The van der Waals surface area contributed by atoms with E-state index in [0.717, 1.165) is 5.69 Å². The predicted molar refractivity (Wildman–Crippen MR) is 142 cm³/mol. The van der Waals surface area contributed by atoms with Gasteiger partial charge in [0.1, 0.15) is 5.69 Å². The molecule has 1 aliphatic heterocycles. The van der Waals surface area contributed by atoms with Gasteiger partial charge in [0.2, 0.25) is 10.0 Å². The Bertz CT molecular complexity index is 1610. The summed E-state index contributed by atoms with van der Waals surface area (Å²) in [6.45, 7) is 2.07. The maximum atomic E-state index is 13.7. The summed E-state index contributed by atoms with van der Waals surface area (Å²) >= 11 is 0. The monoisotopic (exact) mass is 517 g/mol. The zero-order valence-corrected chi connectivity index (χ0v) is 21.2. The number of benzene rings is 3. The van der Waals surface area contributed by atoms with Gasteiger partial charge in [0, 0.05) is 49.2 Å². The molecule has 1 saturated heterocycles. The molecule has 0 atom stereocenters. The number of methoxy groups -OCH3 is 1. The second kappa shape index (κ2) is 10.3. The summed E-state index contributed by atoms with van der Waals surface area (Å²) < 4.78 is 34.4. The molecule has 37 heavy (non-hydrogen) atoms. The molecule has 5 rings (SSSR count). The molecular formula is C28H27N3O5S. The number of rotatable bonds is 6. The van der Waals surface area contributed by atoms with Crippen molar-refractivity contribution in [2.75, 3.05) is 33.3 Å². The molecule has 190 valence electrons. The van der Waals surface area contributed by atoms with Gasteiger partial charge in [-0.05, 0) is 42.0 Å². The quantitative estimate of drug-likeness (QED) is 0.395. The van der Waals surface area contributed by atoms with Gasteiger partial charge in [0.25, 0.3) is 0 Å². The Kier molecular flexibility index (Phi) is 6.92. The van der Waals surface area contributed by atoms with Crippen LogP contribution in [0.15, 0.2) is 88.6 Å². The summed E-state index contributed by atoms with van der Waals surface area (Å²) in [5, 5.41) is 3.63. The number of carbonyl (C=O) groups excluding carboxylic acids is 1. The summed E-state index contributed by atoms with van der Waals surface area (Å²) in [7, 11) is -2.31. The Hall–Kier alpha value is -3.79. The van der Waals surface area contributed by atoms with Gasteiger partial charge in [-0.3, -0.25) is 4.79 Å². The van der Waals surface area contributed by atoms with E-state index in [4.69, 9.17) is 4.74 Å². The third-order valence-corrected chi connectivity index (χ3v) is 8.50. The van der Waals surface area contributed by atoms with Gasteiger partial charge >= 0.3 is 5.97 Å². The third-order valence-electron chi connectivity index (χ3n) is 6.58. The first-order chi connectivity index (χ1) is 17.9. The standard InChI is InChI=1S/C28H27N3O5S/c1-36-28(33)26-24(19-20-11-13-22(14-12-20)37(34,35)30-17-15-29-16-18-30)27(32)23-9-5-6-10-25(23)31(26)21-7-3-2-4-8-21/h2-14,29H,15-19H2,1H3. The highest BCUT2D eigenvalue weighted by atomic mass is 32.2. The molecule has 0 amide bonds. The van der Waals surface area contributed by atoms with Gasteiger partial charge < -0.3 is 14.6 Å². The smallest absolute Gasteiger partial charge is 0.355 e. The molecule has 1 N–H and O–H groups in total. The van der Waals surface area contributed by atoms with E-state index >= 15 is 0 Å². The van der Waals surface area contributed by atoms with Crippen LogP contribution in [0, 0.1) is 0 Å². The van der Waals surface area contributed by atoms with Crippen molar-refractivity contribution in [3.05, 3.63) is 106 Å². The van der Waals surface area contributed by atoms with Crippen LogP contribution >= 0.6 is 0 Å². The largest absolute Gasteiger partial charge is 0.464 e. The lowest BCUT2D eigenvalue weighted by molar-refractivity contribution is 0.0590. The van der Waals surface area contributed by atoms with Crippen molar-refractivity contribution in [3.63, 3.8) is 0 Å². The van der Waals surface area contributed by atoms with Crippen molar-refractivity contribution in [3.8, 4) is 5.69 Å². The minimum atomic E-state index is -3.60. The normalized spacial score (nSPS) is 14.5. The van der Waals surface area contributed by atoms with Crippen LogP contribution in [0.1, 0.15) is 21.6 Å². The first kappa shape index (κ1) is 24.9. The lowest BCUT2D eigenvalue weighted by atomic mass is 9.99. The summed E-state index contributed by atoms with van der Waals surface area (Å²) in [5.74, 6) is -0.625. The predicted octanol–water partition coefficient (Wildman–Crippen LogP) is 2.96. The van der Waals surface area contributed by atoms with E-state index in [1.54, 1.807) is 47.0 Å². The van der Waals surface area contributed by atoms with Gasteiger partial charge in [-0.1, -0.05) is 42.5 Å². The lowest BCUT2D eigenvalue weighted by Gasteiger charge is -2.26. The number of pyridine rings is 1. The summed E-state index contributed by atoms with van der Waals surface area (Å²) in [4.78, 5) is 27.0. The van der Waals surface area contributed by atoms with E-state index in [9.17, 15) is 18.0 Å². The fourth-order valence-corrected chi connectivity index (χ4v) is 6.17. The number of sulfonamides is 1. The average Bonchev–Trinajstić information content (AvgIpc) is 2.95. The van der Waals surface area contributed by atoms with Crippen molar-refractivity contribution >= 4 is 26.9 Å². The van der Waals surface area contributed by atoms with Crippen LogP contribution in [0.5, 0.6) is 0 Å². The second-order valence-electron chi connectivity index (χ2n) is 8.81. The zero-order valence-electron chi connectivity index (χ0n) is 20.4. The van der Waals surface area contributed by atoms with E-state index in [2.05, 4.69) is 5.32 Å². The number of carbonyl (C=O) groups is 1. The molecule has 9 heteroatoms. The van der Waals surface area contributed by atoms with Gasteiger partial charge in [-0.25, -0.2) is 13.2 Å². The number of para-hydroxylation sites is 2. The highest BCUT2D eigenvalue weighted by Gasteiger charge is 2.27. The van der Waals surface area contributed by atoms with Crippen LogP contribution < -0.4 is 10.7 Å². The maximum Gasteiger partial charge on any atom is 0.355 e. The maximum absolute atomic E-state index is 13.7. The molecule has 1 aliphatic rings. The molecule has 0 bridgehead atoms. The molecule has 1 fully saturated rings. The van der Waals surface area contributed by atoms with Crippen molar-refractivity contribution < 1.29 is 17.9 Å². The Labute approximate surface area is 215 Å². The zero-order chi connectivity index (χ0) is 26.0. The second-order valence-corrected chi connectivity index (χ2v) is 10.7. The number of ether oxygens (including phenoxy) is 1. The fourth-order valence-electron chi connectivity index (χ4n) is 4.72. The van der Waals surface area contributed by atoms with Crippen LogP contribution in [0.25, 0.3) is 16.6 Å².